The van der Waals surface area contributed by atoms with E-state index in [1.165, 1.54) is 11.1 Å². The number of halogens is 5. The highest BCUT2D eigenvalue weighted by molar-refractivity contribution is 6.32. The molecule has 0 saturated heterocycles. The summed E-state index contributed by atoms with van der Waals surface area (Å²) in [7, 11) is 0. The Bertz CT molecular complexity index is 2630. The van der Waals surface area contributed by atoms with Crippen molar-refractivity contribution in [3.05, 3.63) is 105 Å². The van der Waals surface area contributed by atoms with Crippen LogP contribution in [0.1, 0.15) is 70.7 Å². The van der Waals surface area contributed by atoms with Gasteiger partial charge in [0.25, 0.3) is 11.8 Å². The smallest absolute Gasteiger partial charge is 0.489 e. The number of aliphatic carboxylic acids is 1. The minimum atomic E-state index is -5.08. The number of ether oxygens (including phenoxy) is 3. The molecule has 338 valence electrons. The molecule has 8 rings (SSSR count). The molecule has 0 spiro atoms. The van der Waals surface area contributed by atoms with Gasteiger partial charge in [-0.3, -0.25) is 4.90 Å². The van der Waals surface area contributed by atoms with Gasteiger partial charge in [0.15, 0.2) is 0 Å². The van der Waals surface area contributed by atoms with Crippen LogP contribution >= 0.6 is 23.2 Å². The summed E-state index contributed by atoms with van der Waals surface area (Å²) in [5.41, 5.74) is 7.41. The number of carboxylic acids is 1. The third-order valence-electron chi connectivity index (χ3n) is 9.11. The van der Waals surface area contributed by atoms with Crippen LogP contribution in [0.5, 0.6) is 11.5 Å². The lowest BCUT2D eigenvalue weighted by molar-refractivity contribution is -0.192. The Labute approximate surface area is 376 Å². The quantitative estimate of drug-likeness (QED) is 0.148. The predicted octanol–water partition coefficient (Wildman–Crippen LogP) is 11.2. The molecule has 2 aliphatic heterocycles. The molecular formula is C45H45Cl2F3N6O8. The fourth-order valence-electron chi connectivity index (χ4n) is 6.31. The van der Waals surface area contributed by atoms with E-state index < -0.39 is 17.7 Å². The first-order valence-electron chi connectivity index (χ1n) is 20.0. The SMILES string of the molecule is CC(C)Oc1ccc(-c2noc(-c3ccc4c(c3)CN(C(=O)OC(C)(C)C)C4)n2)cc1Cl.CC(C)Oc1ccc(-c2noc(-c3ccc4c(c3)CNC4)n2)cc1Cl.O=C(O)C(F)(F)F. The lowest BCUT2D eigenvalue weighted by Gasteiger charge is -2.24. The van der Waals surface area contributed by atoms with Crippen molar-refractivity contribution in [3.8, 4) is 57.2 Å². The highest BCUT2D eigenvalue weighted by atomic mass is 35.5. The first kappa shape index (κ1) is 47.3. The molecule has 4 heterocycles. The Morgan fingerprint density at radius 3 is 1.58 bits per heavy atom. The molecule has 6 aromatic rings. The number of carbonyl (C=O) groups is 2. The Morgan fingerprint density at radius 1 is 0.688 bits per heavy atom. The van der Waals surface area contributed by atoms with Crippen molar-refractivity contribution >= 4 is 35.3 Å². The fraction of sp³-hybridized carbons (Fsp3) is 0.333. The van der Waals surface area contributed by atoms with Gasteiger partial charge < -0.3 is 33.7 Å². The molecule has 2 aliphatic rings. The van der Waals surface area contributed by atoms with E-state index in [9.17, 15) is 18.0 Å². The summed E-state index contributed by atoms with van der Waals surface area (Å²) in [6.07, 6.45) is -5.31. The molecular weight excluding hydrogens is 880 g/mol. The van der Waals surface area contributed by atoms with E-state index in [0.717, 1.165) is 46.5 Å². The monoisotopic (exact) mass is 924 g/mol. The highest BCUT2D eigenvalue weighted by Gasteiger charge is 2.38. The van der Waals surface area contributed by atoms with Gasteiger partial charge in [-0.05, 0) is 131 Å². The number of rotatable bonds is 8. The van der Waals surface area contributed by atoms with Crippen molar-refractivity contribution in [2.45, 2.75) is 98.6 Å². The Balaban J connectivity index is 0.000000189. The average molecular weight is 926 g/mol. The van der Waals surface area contributed by atoms with Crippen molar-refractivity contribution < 1.29 is 51.1 Å². The maximum atomic E-state index is 12.4. The van der Waals surface area contributed by atoms with Gasteiger partial charge >= 0.3 is 18.2 Å². The van der Waals surface area contributed by atoms with Crippen molar-refractivity contribution in [2.24, 2.45) is 0 Å². The van der Waals surface area contributed by atoms with E-state index >= 15 is 0 Å². The van der Waals surface area contributed by atoms with E-state index in [4.69, 9.17) is 56.4 Å². The van der Waals surface area contributed by atoms with Crippen molar-refractivity contribution in [2.75, 3.05) is 0 Å². The maximum absolute atomic E-state index is 12.4. The number of nitrogens with one attached hydrogen (secondary N) is 1. The van der Waals surface area contributed by atoms with Gasteiger partial charge in [-0.25, -0.2) is 9.59 Å². The van der Waals surface area contributed by atoms with Crippen LogP contribution in [0.3, 0.4) is 0 Å². The normalized spacial score (nSPS) is 13.1. The van der Waals surface area contributed by atoms with Gasteiger partial charge in [-0.2, -0.15) is 23.1 Å². The molecule has 2 N–H and O–H groups in total. The molecule has 0 radical (unpaired) electrons. The number of nitrogens with zero attached hydrogens (tertiary/aromatic N) is 5. The highest BCUT2D eigenvalue weighted by Crippen LogP contribution is 2.34. The van der Waals surface area contributed by atoms with Crippen LogP contribution in [-0.4, -0.2) is 66.3 Å². The van der Waals surface area contributed by atoms with E-state index in [0.29, 0.717) is 58.1 Å². The summed E-state index contributed by atoms with van der Waals surface area (Å²) < 4.78 is 59.5. The zero-order valence-corrected chi connectivity index (χ0v) is 37.4. The molecule has 64 heavy (non-hydrogen) atoms. The summed E-state index contributed by atoms with van der Waals surface area (Å²) in [5, 5.41) is 19.7. The second-order valence-electron chi connectivity index (χ2n) is 16.2. The third-order valence-corrected chi connectivity index (χ3v) is 9.70. The summed E-state index contributed by atoms with van der Waals surface area (Å²) in [5.74, 6) is 0.353. The molecule has 14 nitrogen and oxygen atoms in total. The molecule has 0 fully saturated rings. The number of carboxylic acid groups (broad SMARTS) is 1. The number of carbonyl (C=O) groups excluding carboxylic acids is 1. The van der Waals surface area contributed by atoms with Crippen LogP contribution in [0.4, 0.5) is 18.0 Å². The Hall–Kier alpha value is -6.17. The van der Waals surface area contributed by atoms with Crippen LogP contribution in [0.25, 0.3) is 45.7 Å². The lowest BCUT2D eigenvalue weighted by Crippen LogP contribution is -2.33. The van der Waals surface area contributed by atoms with Crippen molar-refractivity contribution in [1.29, 1.82) is 0 Å². The number of hydrogen-bond donors (Lipinski definition) is 2. The van der Waals surface area contributed by atoms with E-state index in [1.54, 1.807) is 23.1 Å². The van der Waals surface area contributed by atoms with E-state index in [-0.39, 0.29) is 18.3 Å². The van der Waals surface area contributed by atoms with Crippen molar-refractivity contribution in [1.82, 2.24) is 30.5 Å². The standard InChI is InChI=1S/C24H26ClN3O4.C19H18ClN3O2.C2HF3O2/c1-14(2)30-20-9-8-15(11-19(20)25)21-26-22(32-27-21)16-6-7-17-12-28(13-18(17)10-16)23(29)31-24(3,4)5;1-11(2)24-17-6-5-12(8-16(17)20)18-22-19(25-23-18)13-3-4-14-9-21-10-15(14)7-13;3-2(4,5)1(6)7/h6-11,14H,12-13H2,1-5H3;3-8,11,21H,9-10H2,1-2H3;(H,6,7). The van der Waals surface area contributed by atoms with E-state index in [1.807, 2.05) is 90.9 Å². The van der Waals surface area contributed by atoms with Gasteiger partial charge in [0.2, 0.25) is 11.6 Å². The molecule has 0 saturated carbocycles. The zero-order valence-electron chi connectivity index (χ0n) is 35.8. The van der Waals surface area contributed by atoms with Gasteiger partial charge in [0.1, 0.15) is 17.1 Å². The molecule has 4 aromatic carbocycles. The summed E-state index contributed by atoms with van der Waals surface area (Å²) in [6, 6.07) is 23.0. The number of aromatic nitrogens is 4. The Kier molecular flexibility index (Phi) is 14.6. The molecule has 0 bridgehead atoms. The second-order valence-corrected chi connectivity index (χ2v) is 17.0. The largest absolute Gasteiger partial charge is 0.490 e. The minimum absolute atomic E-state index is 0.0289. The van der Waals surface area contributed by atoms with Crippen molar-refractivity contribution in [3.63, 3.8) is 0 Å². The van der Waals surface area contributed by atoms with Gasteiger partial charge in [0, 0.05) is 48.4 Å². The number of amides is 1. The summed E-state index contributed by atoms with van der Waals surface area (Å²) in [4.78, 5) is 32.0. The fourth-order valence-corrected chi connectivity index (χ4v) is 6.76. The first-order chi connectivity index (χ1) is 30.1. The van der Waals surface area contributed by atoms with Gasteiger partial charge in [-0.1, -0.05) is 45.6 Å². The lowest BCUT2D eigenvalue weighted by atomic mass is 10.1. The zero-order chi connectivity index (χ0) is 46.5. The molecule has 19 heteroatoms. The number of fused-ring (bicyclic) bond motifs is 2. The molecule has 0 aliphatic carbocycles. The van der Waals surface area contributed by atoms with Crippen LogP contribution < -0.4 is 14.8 Å². The Morgan fingerprint density at radius 2 is 1.12 bits per heavy atom. The van der Waals surface area contributed by atoms with Crippen LogP contribution in [-0.2, 0) is 35.7 Å². The topological polar surface area (TPSA) is 175 Å². The predicted molar refractivity (Wildman–Crippen MR) is 232 cm³/mol. The molecule has 1 amide bonds. The average Bonchev–Trinajstić information content (AvgIpc) is 4.05. The first-order valence-corrected chi connectivity index (χ1v) is 20.7. The summed E-state index contributed by atoms with van der Waals surface area (Å²) in [6.45, 7) is 16.2. The minimum Gasteiger partial charge on any atom is -0.489 e. The molecule has 0 atom stereocenters. The number of hydrogen-bond acceptors (Lipinski definition) is 12. The van der Waals surface area contributed by atoms with Crippen LogP contribution in [0.15, 0.2) is 81.8 Å². The number of alkyl halides is 3. The number of benzene rings is 4. The molecule has 0 unspecified atom stereocenters. The van der Waals surface area contributed by atoms with Crippen LogP contribution in [0.2, 0.25) is 10.0 Å². The maximum Gasteiger partial charge on any atom is 0.490 e. The molecule has 2 aromatic heterocycles. The second kappa shape index (κ2) is 19.7. The van der Waals surface area contributed by atoms with E-state index in [2.05, 4.69) is 37.7 Å². The third kappa shape index (κ3) is 12.3. The van der Waals surface area contributed by atoms with Gasteiger partial charge in [0.05, 0.1) is 22.3 Å². The van der Waals surface area contributed by atoms with Crippen LogP contribution in [0, 0.1) is 0 Å². The van der Waals surface area contributed by atoms with Gasteiger partial charge in [-0.15, -0.1) is 0 Å². The summed E-state index contributed by atoms with van der Waals surface area (Å²) >= 11 is 12.6.